The first-order valence-electron chi connectivity index (χ1n) is 8.57. The number of nitrogens with zero attached hydrogens (tertiary/aromatic N) is 1. The minimum Gasteiger partial charge on any atom is -0.481 e. The summed E-state index contributed by atoms with van der Waals surface area (Å²) in [6.07, 6.45) is 4.85. The van der Waals surface area contributed by atoms with Crippen LogP contribution < -0.4 is 5.32 Å². The van der Waals surface area contributed by atoms with Gasteiger partial charge in [0.1, 0.15) is 0 Å². The van der Waals surface area contributed by atoms with E-state index in [4.69, 9.17) is 16.7 Å². The largest absolute Gasteiger partial charge is 0.481 e. The molecule has 130 valence electrons. The number of benzene rings is 1. The maximum atomic E-state index is 12.7. The Balaban J connectivity index is 1.55. The molecule has 2 N–H and O–H groups in total. The molecule has 2 saturated carbocycles. The highest BCUT2D eigenvalue weighted by Crippen LogP contribution is 2.30. The lowest BCUT2D eigenvalue weighted by atomic mass is 9.86. The SMILES string of the molecule is O=C(O)C1CCC(NC(=O)N(Cc2ccc(Cl)cc2)C2CC2)CC1. The standard InChI is InChI=1S/C18H23ClN2O3/c19-14-5-1-12(2-6-14)11-21(16-9-10-16)18(24)20-15-7-3-13(4-8-15)17(22)23/h1-2,5-6,13,15-16H,3-4,7-11H2,(H,20,24)(H,22,23). The zero-order valence-corrected chi connectivity index (χ0v) is 14.3. The van der Waals surface area contributed by atoms with Gasteiger partial charge in [0.2, 0.25) is 0 Å². The molecule has 0 radical (unpaired) electrons. The molecule has 6 heteroatoms. The number of hydrogen-bond acceptors (Lipinski definition) is 2. The Kier molecular flexibility index (Phi) is 5.29. The molecule has 24 heavy (non-hydrogen) atoms. The topological polar surface area (TPSA) is 69.6 Å². The van der Waals surface area contributed by atoms with Gasteiger partial charge >= 0.3 is 12.0 Å². The summed E-state index contributed by atoms with van der Waals surface area (Å²) >= 11 is 5.91. The number of carboxylic acid groups (broad SMARTS) is 1. The van der Waals surface area contributed by atoms with E-state index in [9.17, 15) is 9.59 Å². The second-order valence-corrected chi connectivity index (χ2v) is 7.26. The van der Waals surface area contributed by atoms with Crippen molar-refractivity contribution in [1.29, 1.82) is 0 Å². The summed E-state index contributed by atoms with van der Waals surface area (Å²) in [4.78, 5) is 25.6. The van der Waals surface area contributed by atoms with E-state index < -0.39 is 5.97 Å². The number of amides is 2. The second kappa shape index (κ2) is 7.43. The van der Waals surface area contributed by atoms with Crippen LogP contribution in [0, 0.1) is 5.92 Å². The molecule has 0 saturated heterocycles. The van der Waals surface area contributed by atoms with E-state index in [1.54, 1.807) is 0 Å². The summed E-state index contributed by atoms with van der Waals surface area (Å²) < 4.78 is 0. The number of urea groups is 1. The lowest BCUT2D eigenvalue weighted by molar-refractivity contribution is -0.142. The molecule has 0 aliphatic heterocycles. The van der Waals surface area contributed by atoms with Gasteiger partial charge < -0.3 is 15.3 Å². The predicted molar refractivity (Wildman–Crippen MR) is 91.9 cm³/mol. The highest BCUT2D eigenvalue weighted by molar-refractivity contribution is 6.30. The maximum Gasteiger partial charge on any atom is 0.318 e. The second-order valence-electron chi connectivity index (χ2n) is 6.82. The van der Waals surface area contributed by atoms with Crippen molar-refractivity contribution in [3.05, 3.63) is 34.9 Å². The van der Waals surface area contributed by atoms with Gasteiger partial charge in [0.05, 0.1) is 5.92 Å². The normalized spacial score (nSPS) is 23.5. The smallest absolute Gasteiger partial charge is 0.318 e. The molecule has 2 amide bonds. The highest BCUT2D eigenvalue weighted by atomic mass is 35.5. The number of nitrogens with one attached hydrogen (secondary N) is 1. The number of aliphatic carboxylic acids is 1. The van der Waals surface area contributed by atoms with Gasteiger partial charge in [-0.1, -0.05) is 23.7 Å². The Morgan fingerprint density at radius 3 is 2.25 bits per heavy atom. The Labute approximate surface area is 147 Å². The van der Waals surface area contributed by atoms with Gasteiger partial charge in [-0.05, 0) is 56.2 Å². The molecule has 0 bridgehead atoms. The lowest BCUT2D eigenvalue weighted by Crippen LogP contribution is -2.46. The van der Waals surface area contributed by atoms with Crippen molar-refractivity contribution >= 4 is 23.6 Å². The van der Waals surface area contributed by atoms with Crippen LogP contribution >= 0.6 is 11.6 Å². The molecule has 0 heterocycles. The third kappa shape index (κ3) is 4.41. The lowest BCUT2D eigenvalue weighted by Gasteiger charge is -2.30. The van der Waals surface area contributed by atoms with E-state index in [2.05, 4.69) is 5.32 Å². The highest BCUT2D eigenvalue weighted by Gasteiger charge is 2.34. The van der Waals surface area contributed by atoms with E-state index in [1.807, 2.05) is 29.2 Å². The Hall–Kier alpha value is -1.75. The van der Waals surface area contributed by atoms with Crippen molar-refractivity contribution in [2.45, 2.75) is 57.2 Å². The van der Waals surface area contributed by atoms with Crippen LogP contribution in [0.25, 0.3) is 0 Å². The summed E-state index contributed by atoms with van der Waals surface area (Å²) in [6, 6.07) is 7.94. The molecular weight excluding hydrogens is 328 g/mol. The first kappa shape index (κ1) is 17.1. The van der Waals surface area contributed by atoms with Gasteiger partial charge in [0, 0.05) is 23.7 Å². The molecular formula is C18H23ClN2O3. The maximum absolute atomic E-state index is 12.7. The summed E-state index contributed by atoms with van der Waals surface area (Å²) in [5.74, 6) is -0.978. The van der Waals surface area contributed by atoms with E-state index in [0.717, 1.165) is 31.2 Å². The van der Waals surface area contributed by atoms with Crippen molar-refractivity contribution in [3.8, 4) is 0 Å². The molecule has 2 aliphatic rings. The van der Waals surface area contributed by atoms with Crippen molar-refractivity contribution in [3.63, 3.8) is 0 Å². The summed E-state index contributed by atoms with van der Waals surface area (Å²) in [7, 11) is 0. The third-order valence-electron chi connectivity index (χ3n) is 4.92. The van der Waals surface area contributed by atoms with Crippen LogP contribution in [0.1, 0.15) is 44.1 Å². The Morgan fingerprint density at radius 2 is 1.71 bits per heavy atom. The molecule has 2 aliphatic carbocycles. The van der Waals surface area contributed by atoms with Crippen molar-refractivity contribution in [2.24, 2.45) is 5.92 Å². The number of hydrogen-bond donors (Lipinski definition) is 2. The number of carboxylic acids is 1. The first-order chi connectivity index (χ1) is 11.5. The summed E-state index contributed by atoms with van der Waals surface area (Å²) in [6.45, 7) is 0.581. The van der Waals surface area contributed by atoms with Gasteiger partial charge in [-0.2, -0.15) is 0 Å². The molecule has 5 nitrogen and oxygen atoms in total. The molecule has 0 aromatic heterocycles. The Bertz CT molecular complexity index is 593. The van der Waals surface area contributed by atoms with Crippen molar-refractivity contribution in [1.82, 2.24) is 10.2 Å². The number of carbonyl (C=O) groups excluding carboxylic acids is 1. The summed E-state index contributed by atoms with van der Waals surface area (Å²) in [5.41, 5.74) is 1.07. The van der Waals surface area contributed by atoms with Gasteiger partial charge in [0.15, 0.2) is 0 Å². The average molecular weight is 351 g/mol. The zero-order chi connectivity index (χ0) is 17.1. The minimum absolute atomic E-state index is 0.0359. The Morgan fingerprint density at radius 1 is 1.08 bits per heavy atom. The monoisotopic (exact) mass is 350 g/mol. The van der Waals surface area contributed by atoms with Crippen LogP contribution in [-0.4, -0.2) is 34.1 Å². The molecule has 3 rings (SSSR count). The fraction of sp³-hybridized carbons (Fsp3) is 0.556. The molecule has 1 aromatic rings. The molecule has 0 spiro atoms. The zero-order valence-electron chi connectivity index (χ0n) is 13.6. The number of rotatable bonds is 5. The van der Waals surface area contributed by atoms with Gasteiger partial charge in [-0.3, -0.25) is 4.79 Å². The average Bonchev–Trinajstić information content (AvgIpc) is 3.39. The van der Waals surface area contributed by atoms with E-state index in [0.29, 0.717) is 30.5 Å². The quantitative estimate of drug-likeness (QED) is 0.851. The third-order valence-corrected chi connectivity index (χ3v) is 5.17. The predicted octanol–water partition coefficient (Wildman–Crippen LogP) is 3.66. The van der Waals surface area contributed by atoms with Crippen LogP contribution in [0.15, 0.2) is 24.3 Å². The molecule has 0 unspecified atom stereocenters. The van der Waals surface area contributed by atoms with Gasteiger partial charge in [-0.15, -0.1) is 0 Å². The van der Waals surface area contributed by atoms with E-state index in [-0.39, 0.29) is 18.0 Å². The molecule has 1 aromatic carbocycles. The van der Waals surface area contributed by atoms with Gasteiger partial charge in [-0.25, -0.2) is 4.79 Å². The minimum atomic E-state index is -0.720. The van der Waals surface area contributed by atoms with E-state index >= 15 is 0 Å². The summed E-state index contributed by atoms with van der Waals surface area (Å²) in [5, 5.41) is 12.8. The van der Waals surface area contributed by atoms with Crippen molar-refractivity contribution < 1.29 is 14.7 Å². The molecule has 2 fully saturated rings. The first-order valence-corrected chi connectivity index (χ1v) is 8.95. The number of carbonyl (C=O) groups is 2. The fourth-order valence-corrected chi connectivity index (χ4v) is 3.41. The van der Waals surface area contributed by atoms with Crippen LogP contribution in [-0.2, 0) is 11.3 Å². The van der Waals surface area contributed by atoms with Crippen LogP contribution in [0.4, 0.5) is 4.79 Å². The van der Waals surface area contributed by atoms with Gasteiger partial charge in [0.25, 0.3) is 0 Å². The van der Waals surface area contributed by atoms with E-state index in [1.165, 1.54) is 0 Å². The number of halogens is 1. The van der Waals surface area contributed by atoms with Crippen LogP contribution in [0.3, 0.4) is 0 Å². The van der Waals surface area contributed by atoms with Crippen LogP contribution in [0.5, 0.6) is 0 Å². The fourth-order valence-electron chi connectivity index (χ4n) is 3.28. The molecule has 0 atom stereocenters. The van der Waals surface area contributed by atoms with Crippen LogP contribution in [0.2, 0.25) is 5.02 Å². The van der Waals surface area contributed by atoms with Crippen molar-refractivity contribution in [2.75, 3.05) is 0 Å².